The first-order valence-electron chi connectivity index (χ1n) is 14.4. The maximum atomic E-state index is 14.1. The smallest absolute Gasteiger partial charge is 0.304 e. The third-order valence-electron chi connectivity index (χ3n) is 11.8. The fraction of sp³-hybridized carbons (Fsp3) is 0.871. The Kier molecular flexibility index (Phi) is 6.91. The van der Waals surface area contributed by atoms with Crippen LogP contribution in [0.25, 0.3) is 0 Å². The molecule has 0 aromatic rings. The summed E-state index contributed by atoms with van der Waals surface area (Å²) >= 11 is 0. The lowest BCUT2D eigenvalue weighted by Crippen LogP contribution is -2.56. The van der Waals surface area contributed by atoms with Gasteiger partial charge >= 0.3 is 5.97 Å². The van der Waals surface area contributed by atoms with E-state index in [2.05, 4.69) is 48.5 Å². The molecule has 2 N–H and O–H groups in total. The van der Waals surface area contributed by atoms with Crippen molar-refractivity contribution in [3.05, 3.63) is 11.1 Å². The number of allylic oxidation sites excluding steroid dienone is 2. The third kappa shape index (κ3) is 3.87. The standard InChI is InChI=1S/C31H50O4/c1-19(2)9-8-10-20(3)23-17-26(33)31(18-27(34)35)22-11-12-24-28(4,5)25(32)14-15-29(24,6)21(22)13-16-30(23,31)7/h19-20,23-25,32H,8-18H2,1-7H3,(H,34,35)/t20-,23-,24+,25+,29-,30-,31-/m1/s1. The van der Waals surface area contributed by atoms with Gasteiger partial charge in [-0.25, -0.2) is 0 Å². The van der Waals surface area contributed by atoms with Gasteiger partial charge in [0.05, 0.1) is 17.9 Å². The van der Waals surface area contributed by atoms with Crippen molar-refractivity contribution in [3.8, 4) is 0 Å². The molecule has 4 nitrogen and oxygen atoms in total. The van der Waals surface area contributed by atoms with E-state index in [1.165, 1.54) is 24.0 Å². The number of hydrogen-bond acceptors (Lipinski definition) is 3. The van der Waals surface area contributed by atoms with Crippen molar-refractivity contribution in [2.45, 2.75) is 125 Å². The van der Waals surface area contributed by atoms with Crippen LogP contribution in [0.1, 0.15) is 119 Å². The Balaban J connectivity index is 1.78. The van der Waals surface area contributed by atoms with E-state index in [-0.39, 0.29) is 40.5 Å². The molecule has 0 unspecified atom stereocenters. The molecule has 35 heavy (non-hydrogen) atoms. The molecule has 2 saturated carbocycles. The minimum atomic E-state index is -0.850. The molecule has 4 rings (SSSR count). The van der Waals surface area contributed by atoms with Gasteiger partial charge in [0, 0.05) is 6.42 Å². The summed E-state index contributed by atoms with van der Waals surface area (Å²) in [6, 6.07) is 0. The lowest BCUT2D eigenvalue weighted by atomic mass is 9.42. The third-order valence-corrected chi connectivity index (χ3v) is 11.8. The molecule has 0 spiro atoms. The summed E-state index contributed by atoms with van der Waals surface area (Å²) in [5.41, 5.74) is 1.25. The highest BCUT2D eigenvalue weighted by Crippen LogP contribution is 2.72. The lowest BCUT2D eigenvalue weighted by molar-refractivity contribution is -0.147. The summed E-state index contributed by atoms with van der Waals surface area (Å²) in [6.45, 7) is 15.9. The van der Waals surface area contributed by atoms with Gasteiger partial charge in [0.15, 0.2) is 0 Å². The van der Waals surface area contributed by atoms with Crippen molar-refractivity contribution in [2.75, 3.05) is 0 Å². The molecular weight excluding hydrogens is 436 g/mol. The quantitative estimate of drug-likeness (QED) is 0.373. The second kappa shape index (κ2) is 8.99. The Morgan fingerprint density at radius 3 is 2.31 bits per heavy atom. The summed E-state index contributed by atoms with van der Waals surface area (Å²) in [4.78, 5) is 26.5. The predicted octanol–water partition coefficient (Wildman–Crippen LogP) is 7.19. The number of hydrogen-bond donors (Lipinski definition) is 2. The fourth-order valence-corrected chi connectivity index (χ4v) is 9.82. The van der Waals surface area contributed by atoms with Gasteiger partial charge in [-0.1, -0.05) is 78.9 Å². The first kappa shape index (κ1) is 26.9. The van der Waals surface area contributed by atoms with Gasteiger partial charge in [-0.2, -0.15) is 0 Å². The highest BCUT2D eigenvalue weighted by atomic mass is 16.4. The van der Waals surface area contributed by atoms with Gasteiger partial charge in [0.1, 0.15) is 5.78 Å². The number of carboxylic acid groups (broad SMARTS) is 1. The molecule has 2 fully saturated rings. The van der Waals surface area contributed by atoms with Gasteiger partial charge in [-0.05, 0) is 78.4 Å². The average Bonchev–Trinajstić information content (AvgIpc) is 2.98. The minimum Gasteiger partial charge on any atom is -0.481 e. The van der Waals surface area contributed by atoms with Gasteiger partial charge in [-0.15, -0.1) is 0 Å². The summed E-state index contributed by atoms with van der Waals surface area (Å²) in [5.74, 6) is 1.10. The Morgan fingerprint density at radius 1 is 1.00 bits per heavy atom. The SMILES string of the molecule is CC(C)CCC[C@@H](C)[C@H]1CC(=O)[C@@]2(CC(=O)O)C3=C(CC[C@]12C)[C@@]1(C)CC[C@H](O)C(C)(C)[C@@H]1CC3. The molecule has 0 radical (unpaired) electrons. The van der Waals surface area contributed by atoms with E-state index in [1.54, 1.807) is 0 Å². The van der Waals surface area contributed by atoms with Crippen LogP contribution in [0.5, 0.6) is 0 Å². The zero-order valence-electron chi connectivity index (χ0n) is 23.4. The van der Waals surface area contributed by atoms with Crippen LogP contribution in [0.15, 0.2) is 11.1 Å². The zero-order valence-corrected chi connectivity index (χ0v) is 23.4. The molecule has 4 heteroatoms. The molecule has 0 aromatic heterocycles. The maximum Gasteiger partial charge on any atom is 0.304 e. The van der Waals surface area contributed by atoms with Crippen LogP contribution in [0, 0.1) is 45.3 Å². The van der Waals surface area contributed by atoms with Crippen molar-refractivity contribution in [3.63, 3.8) is 0 Å². The highest BCUT2D eigenvalue weighted by Gasteiger charge is 2.69. The average molecular weight is 487 g/mol. The first-order chi connectivity index (χ1) is 16.2. The Labute approximate surface area is 213 Å². The van der Waals surface area contributed by atoms with Crippen LogP contribution in [-0.4, -0.2) is 28.1 Å². The summed E-state index contributed by atoms with van der Waals surface area (Å²) in [6.07, 6.45) is 9.05. The van der Waals surface area contributed by atoms with Crippen molar-refractivity contribution in [1.82, 2.24) is 0 Å². The van der Waals surface area contributed by atoms with Crippen LogP contribution in [-0.2, 0) is 9.59 Å². The Hall–Kier alpha value is -1.16. The fourth-order valence-electron chi connectivity index (χ4n) is 9.82. The molecular formula is C31H50O4. The van der Waals surface area contributed by atoms with Crippen LogP contribution in [0.3, 0.4) is 0 Å². The molecule has 4 aliphatic rings. The number of ketones is 1. The summed E-state index contributed by atoms with van der Waals surface area (Å²) in [7, 11) is 0. The molecule has 0 amide bonds. The van der Waals surface area contributed by atoms with Crippen LogP contribution < -0.4 is 0 Å². The number of aliphatic hydroxyl groups is 1. The second-order valence-corrected chi connectivity index (χ2v) is 14.3. The van der Waals surface area contributed by atoms with Crippen molar-refractivity contribution < 1.29 is 19.8 Å². The number of rotatable bonds is 7. The summed E-state index contributed by atoms with van der Waals surface area (Å²) in [5, 5.41) is 21.0. The minimum absolute atomic E-state index is 0.0512. The molecule has 0 aliphatic heterocycles. The molecule has 0 bridgehead atoms. The highest BCUT2D eigenvalue weighted by molar-refractivity contribution is 5.95. The number of carbonyl (C=O) groups is 2. The van der Waals surface area contributed by atoms with Crippen molar-refractivity contribution >= 4 is 11.8 Å². The monoisotopic (exact) mass is 486 g/mol. The number of fused-ring (bicyclic) bond motifs is 4. The van der Waals surface area contributed by atoms with E-state index < -0.39 is 11.4 Å². The topological polar surface area (TPSA) is 74.6 Å². The molecule has 0 aromatic carbocycles. The molecule has 198 valence electrons. The summed E-state index contributed by atoms with van der Waals surface area (Å²) < 4.78 is 0. The number of aliphatic carboxylic acids is 1. The van der Waals surface area contributed by atoms with Crippen LogP contribution in [0.2, 0.25) is 0 Å². The van der Waals surface area contributed by atoms with E-state index in [0.717, 1.165) is 44.9 Å². The van der Waals surface area contributed by atoms with Crippen LogP contribution >= 0.6 is 0 Å². The van der Waals surface area contributed by atoms with Crippen molar-refractivity contribution in [2.24, 2.45) is 45.3 Å². The largest absolute Gasteiger partial charge is 0.481 e. The normalized spacial score (nSPS) is 41.4. The number of carbonyl (C=O) groups excluding carboxylic acids is 1. The van der Waals surface area contributed by atoms with E-state index in [9.17, 15) is 19.8 Å². The second-order valence-electron chi connectivity index (χ2n) is 14.3. The number of Topliss-reactive ketones (excluding diaryl/α,β-unsaturated/α-hetero) is 1. The van der Waals surface area contributed by atoms with Gasteiger partial charge in [0.2, 0.25) is 0 Å². The number of carboxylic acids is 1. The van der Waals surface area contributed by atoms with E-state index in [1.807, 2.05) is 0 Å². The molecule has 7 atom stereocenters. The zero-order chi connectivity index (χ0) is 26.0. The first-order valence-corrected chi connectivity index (χ1v) is 14.4. The van der Waals surface area contributed by atoms with Gasteiger partial charge < -0.3 is 10.2 Å². The maximum absolute atomic E-state index is 14.1. The predicted molar refractivity (Wildman–Crippen MR) is 140 cm³/mol. The molecule has 4 aliphatic carbocycles. The molecule has 0 saturated heterocycles. The van der Waals surface area contributed by atoms with E-state index >= 15 is 0 Å². The number of aliphatic hydroxyl groups excluding tert-OH is 1. The lowest BCUT2D eigenvalue weighted by Gasteiger charge is -2.62. The molecule has 0 heterocycles. The van der Waals surface area contributed by atoms with E-state index in [0.29, 0.717) is 24.2 Å². The van der Waals surface area contributed by atoms with E-state index in [4.69, 9.17) is 0 Å². The Morgan fingerprint density at radius 2 is 1.69 bits per heavy atom. The van der Waals surface area contributed by atoms with Crippen molar-refractivity contribution in [1.29, 1.82) is 0 Å². The Bertz CT molecular complexity index is 900. The van der Waals surface area contributed by atoms with Gasteiger partial charge in [-0.3, -0.25) is 9.59 Å². The van der Waals surface area contributed by atoms with Gasteiger partial charge in [0.25, 0.3) is 0 Å². The van der Waals surface area contributed by atoms with Crippen LogP contribution in [0.4, 0.5) is 0 Å².